The fraction of sp³-hybridized carbons (Fsp3) is 0.263. The lowest BCUT2D eigenvalue weighted by atomic mass is 10.1. The van der Waals surface area contributed by atoms with Gasteiger partial charge in [-0.1, -0.05) is 22.0 Å². The van der Waals surface area contributed by atoms with Crippen molar-refractivity contribution in [3.8, 4) is 0 Å². The molecule has 1 amide bonds. The molecule has 1 aliphatic heterocycles. The number of hydrogen-bond donors (Lipinski definition) is 0. The van der Waals surface area contributed by atoms with Crippen LogP contribution in [0.5, 0.6) is 0 Å². The van der Waals surface area contributed by atoms with Crippen molar-refractivity contribution in [3.05, 3.63) is 58.1 Å². The molecule has 0 spiro atoms. The predicted octanol–water partition coefficient (Wildman–Crippen LogP) is 4.69. The molecule has 3 rings (SSSR count). The van der Waals surface area contributed by atoms with E-state index in [1.807, 2.05) is 0 Å². The maximum Gasteiger partial charge on any atom is 0.307 e. The average molecular weight is 456 g/mol. The Morgan fingerprint density at radius 1 is 1.26 bits per heavy atom. The maximum absolute atomic E-state index is 14.3. The van der Waals surface area contributed by atoms with Crippen LogP contribution >= 0.6 is 27.7 Å². The van der Waals surface area contributed by atoms with E-state index in [-0.39, 0.29) is 25.5 Å². The van der Waals surface area contributed by atoms with Crippen molar-refractivity contribution in [1.82, 2.24) is 0 Å². The van der Waals surface area contributed by atoms with Crippen molar-refractivity contribution < 1.29 is 23.1 Å². The summed E-state index contributed by atoms with van der Waals surface area (Å²) in [6, 6.07) is 8.65. The molecule has 0 radical (unpaired) electrons. The number of benzene rings is 2. The monoisotopic (exact) mass is 455 g/mol. The number of fused-ring (bicyclic) bond motifs is 1. The third kappa shape index (κ3) is 4.50. The Morgan fingerprint density at radius 2 is 2.04 bits per heavy atom. The van der Waals surface area contributed by atoms with E-state index in [9.17, 15) is 18.4 Å². The Hall–Kier alpha value is -1.93. The van der Waals surface area contributed by atoms with E-state index >= 15 is 0 Å². The van der Waals surface area contributed by atoms with E-state index < -0.39 is 22.9 Å². The number of esters is 1. The van der Waals surface area contributed by atoms with E-state index in [2.05, 4.69) is 15.9 Å². The molecule has 0 saturated carbocycles. The molecule has 1 atom stereocenters. The molecule has 1 aliphatic rings. The molecule has 0 aliphatic carbocycles. The van der Waals surface area contributed by atoms with Gasteiger partial charge in [0.1, 0.15) is 11.6 Å². The zero-order chi connectivity index (χ0) is 19.6. The van der Waals surface area contributed by atoms with Crippen LogP contribution < -0.4 is 4.90 Å². The largest absolute Gasteiger partial charge is 0.466 e. The van der Waals surface area contributed by atoms with Gasteiger partial charge in [0.05, 0.1) is 30.5 Å². The van der Waals surface area contributed by atoms with Crippen molar-refractivity contribution in [1.29, 1.82) is 0 Å². The molecular formula is C19H16BrF2NO3S. The molecule has 0 saturated heterocycles. The van der Waals surface area contributed by atoms with Gasteiger partial charge in [-0.3, -0.25) is 9.59 Å². The summed E-state index contributed by atoms with van der Waals surface area (Å²) in [4.78, 5) is 26.7. The number of rotatable bonds is 5. The molecule has 27 heavy (non-hydrogen) atoms. The topological polar surface area (TPSA) is 46.6 Å². The summed E-state index contributed by atoms with van der Waals surface area (Å²) in [5.74, 6) is -1.74. The lowest BCUT2D eigenvalue weighted by Crippen LogP contribution is -2.41. The maximum atomic E-state index is 14.3. The molecule has 1 heterocycles. The highest BCUT2D eigenvalue weighted by Crippen LogP contribution is 2.41. The van der Waals surface area contributed by atoms with Crippen LogP contribution in [0.1, 0.15) is 18.9 Å². The number of amides is 1. The molecule has 0 aromatic heterocycles. The normalized spacial score (nSPS) is 16.2. The lowest BCUT2D eigenvalue weighted by Gasteiger charge is -2.33. The van der Waals surface area contributed by atoms with Crippen molar-refractivity contribution in [2.75, 3.05) is 11.5 Å². The van der Waals surface area contributed by atoms with Gasteiger partial charge < -0.3 is 9.64 Å². The van der Waals surface area contributed by atoms with Gasteiger partial charge >= 0.3 is 5.97 Å². The number of carbonyl (C=O) groups excluding carboxylic acids is 2. The van der Waals surface area contributed by atoms with E-state index in [0.29, 0.717) is 20.6 Å². The van der Waals surface area contributed by atoms with Gasteiger partial charge in [0.15, 0.2) is 0 Å². The van der Waals surface area contributed by atoms with Crippen molar-refractivity contribution in [3.63, 3.8) is 0 Å². The third-order valence-electron chi connectivity index (χ3n) is 4.02. The van der Waals surface area contributed by atoms with Crippen LogP contribution in [0.25, 0.3) is 0 Å². The standard InChI is InChI=1S/C19H16BrF2NO3S/c1-2-26-18(24)9-17-19(25)23(10-11-3-4-12(20)7-14(11)22)15-6-5-13(21)8-16(15)27-17/h3-8,17H,2,9-10H2,1H3. The molecular weight excluding hydrogens is 440 g/mol. The summed E-state index contributed by atoms with van der Waals surface area (Å²) in [5, 5.41) is -0.753. The Morgan fingerprint density at radius 3 is 2.74 bits per heavy atom. The highest BCUT2D eigenvalue weighted by atomic mass is 79.9. The lowest BCUT2D eigenvalue weighted by molar-refractivity contribution is -0.144. The first-order valence-electron chi connectivity index (χ1n) is 8.26. The quantitative estimate of drug-likeness (QED) is 0.613. The number of hydrogen-bond acceptors (Lipinski definition) is 4. The fourth-order valence-corrected chi connectivity index (χ4v) is 4.35. The van der Waals surface area contributed by atoms with Gasteiger partial charge in [-0.2, -0.15) is 0 Å². The van der Waals surface area contributed by atoms with Crippen LogP contribution in [-0.4, -0.2) is 23.7 Å². The summed E-state index contributed by atoms with van der Waals surface area (Å²) in [5.41, 5.74) is 0.817. The first-order chi connectivity index (χ1) is 12.9. The van der Waals surface area contributed by atoms with Crippen LogP contribution in [0.4, 0.5) is 14.5 Å². The smallest absolute Gasteiger partial charge is 0.307 e. The number of nitrogens with zero attached hydrogens (tertiary/aromatic N) is 1. The third-order valence-corrected chi connectivity index (χ3v) is 5.75. The minimum atomic E-state index is -0.753. The van der Waals surface area contributed by atoms with E-state index in [1.165, 1.54) is 29.2 Å². The minimum Gasteiger partial charge on any atom is -0.466 e. The van der Waals surface area contributed by atoms with Gasteiger partial charge in [-0.15, -0.1) is 11.8 Å². The second-order valence-corrected chi connectivity index (χ2v) is 8.05. The van der Waals surface area contributed by atoms with Gasteiger partial charge in [0.25, 0.3) is 0 Å². The summed E-state index contributed by atoms with van der Waals surface area (Å²) in [7, 11) is 0. The molecule has 1 unspecified atom stereocenters. The number of carbonyl (C=O) groups is 2. The zero-order valence-corrected chi connectivity index (χ0v) is 16.8. The zero-order valence-electron chi connectivity index (χ0n) is 14.4. The minimum absolute atomic E-state index is 0.0174. The molecule has 142 valence electrons. The Labute approximate surface area is 168 Å². The molecule has 8 heteroatoms. The van der Waals surface area contributed by atoms with Gasteiger partial charge in [0, 0.05) is 14.9 Å². The highest BCUT2D eigenvalue weighted by Gasteiger charge is 2.35. The number of anilines is 1. The van der Waals surface area contributed by atoms with Crippen molar-refractivity contribution in [2.45, 2.75) is 30.0 Å². The Kier molecular flexibility index (Phi) is 6.16. The highest BCUT2D eigenvalue weighted by molar-refractivity contribution is 9.10. The summed E-state index contributed by atoms with van der Waals surface area (Å²) < 4.78 is 33.5. The van der Waals surface area contributed by atoms with Crippen LogP contribution in [0.15, 0.2) is 45.8 Å². The van der Waals surface area contributed by atoms with Crippen molar-refractivity contribution >= 4 is 45.3 Å². The first-order valence-corrected chi connectivity index (χ1v) is 9.93. The Balaban J connectivity index is 1.94. The second-order valence-electron chi connectivity index (χ2n) is 5.89. The van der Waals surface area contributed by atoms with Crippen LogP contribution in [-0.2, 0) is 20.9 Å². The molecule has 0 N–H and O–H groups in total. The second kappa shape index (κ2) is 8.39. The predicted molar refractivity (Wildman–Crippen MR) is 103 cm³/mol. The number of thioether (sulfide) groups is 1. The van der Waals surface area contributed by atoms with E-state index in [0.717, 1.165) is 11.8 Å². The summed E-state index contributed by atoms with van der Waals surface area (Å²) >= 11 is 4.32. The van der Waals surface area contributed by atoms with Crippen LogP contribution in [0, 0.1) is 11.6 Å². The average Bonchev–Trinajstić information content (AvgIpc) is 2.60. The van der Waals surface area contributed by atoms with Gasteiger partial charge in [0.2, 0.25) is 5.91 Å². The summed E-state index contributed by atoms with van der Waals surface area (Å²) in [6.07, 6.45) is -0.132. The number of halogens is 3. The molecule has 0 bridgehead atoms. The fourth-order valence-electron chi connectivity index (χ4n) is 2.79. The summed E-state index contributed by atoms with van der Waals surface area (Å²) in [6.45, 7) is 1.88. The van der Waals surface area contributed by atoms with Crippen molar-refractivity contribution in [2.24, 2.45) is 0 Å². The molecule has 4 nitrogen and oxygen atoms in total. The Bertz CT molecular complexity index is 893. The van der Waals surface area contributed by atoms with Gasteiger partial charge in [-0.25, -0.2) is 8.78 Å². The van der Waals surface area contributed by atoms with E-state index in [4.69, 9.17) is 4.74 Å². The van der Waals surface area contributed by atoms with Crippen LogP contribution in [0.2, 0.25) is 0 Å². The van der Waals surface area contributed by atoms with Crippen LogP contribution in [0.3, 0.4) is 0 Å². The van der Waals surface area contributed by atoms with Gasteiger partial charge in [-0.05, 0) is 37.3 Å². The molecule has 2 aromatic rings. The van der Waals surface area contributed by atoms with E-state index in [1.54, 1.807) is 19.1 Å². The SMILES string of the molecule is CCOC(=O)CC1Sc2cc(F)ccc2N(Cc2ccc(Br)cc2F)C1=O. The first kappa shape index (κ1) is 19.8. The molecule has 0 fully saturated rings. The number of ether oxygens (including phenoxy) is 1. The molecule has 2 aromatic carbocycles.